The predicted octanol–water partition coefficient (Wildman–Crippen LogP) is 5.12. The second-order valence-corrected chi connectivity index (χ2v) is 7.97. The summed E-state index contributed by atoms with van der Waals surface area (Å²) in [5.74, 6) is -1.48. The first-order chi connectivity index (χ1) is 15.6. The van der Waals surface area contributed by atoms with Gasteiger partial charge in [-0.2, -0.15) is 18.2 Å². The van der Waals surface area contributed by atoms with Gasteiger partial charge in [0.2, 0.25) is 11.7 Å². The molecule has 33 heavy (non-hydrogen) atoms. The molecule has 0 spiro atoms. The van der Waals surface area contributed by atoms with Crippen LogP contribution in [0.1, 0.15) is 35.8 Å². The van der Waals surface area contributed by atoms with Crippen molar-refractivity contribution in [3.05, 3.63) is 78.0 Å². The van der Waals surface area contributed by atoms with Crippen molar-refractivity contribution in [1.29, 1.82) is 0 Å². The van der Waals surface area contributed by atoms with Crippen molar-refractivity contribution in [2.45, 2.75) is 25.4 Å². The first-order valence-corrected chi connectivity index (χ1v) is 9.94. The molecule has 4 aromatic rings. The van der Waals surface area contributed by atoms with E-state index >= 15 is 0 Å². The summed E-state index contributed by atoms with van der Waals surface area (Å²) in [7, 11) is 0. The molecule has 0 radical (unpaired) electrons. The SMILES string of the molecule is CC(C)(CNC(=O)c1ccc(-c2noc(C(F)(F)F)n2)cc1)c1coc(-c2ccccc2)n1. The lowest BCUT2D eigenvalue weighted by Gasteiger charge is -2.22. The molecule has 2 aromatic carbocycles. The van der Waals surface area contributed by atoms with E-state index in [4.69, 9.17) is 4.42 Å². The zero-order valence-corrected chi connectivity index (χ0v) is 17.7. The Bertz CT molecular complexity index is 1250. The van der Waals surface area contributed by atoms with Gasteiger partial charge in [0.05, 0.1) is 5.69 Å². The van der Waals surface area contributed by atoms with Crippen LogP contribution >= 0.6 is 0 Å². The van der Waals surface area contributed by atoms with E-state index in [2.05, 4.69) is 25.0 Å². The average molecular weight is 456 g/mol. The third kappa shape index (κ3) is 4.94. The highest BCUT2D eigenvalue weighted by Crippen LogP contribution is 2.29. The summed E-state index contributed by atoms with van der Waals surface area (Å²) in [4.78, 5) is 20.5. The lowest BCUT2D eigenvalue weighted by atomic mass is 9.90. The molecule has 0 saturated carbocycles. The van der Waals surface area contributed by atoms with Gasteiger partial charge in [0.25, 0.3) is 5.91 Å². The number of amides is 1. The summed E-state index contributed by atoms with van der Waals surface area (Å²) < 4.78 is 47.7. The van der Waals surface area contributed by atoms with Crippen LogP contribution < -0.4 is 5.32 Å². The maximum absolute atomic E-state index is 12.6. The van der Waals surface area contributed by atoms with Crippen LogP contribution in [0.5, 0.6) is 0 Å². The summed E-state index contributed by atoms with van der Waals surface area (Å²) in [6.45, 7) is 4.14. The van der Waals surface area contributed by atoms with Gasteiger partial charge in [-0.3, -0.25) is 4.79 Å². The molecule has 0 aliphatic rings. The molecule has 0 bridgehead atoms. The van der Waals surface area contributed by atoms with Gasteiger partial charge >= 0.3 is 12.1 Å². The van der Waals surface area contributed by atoms with E-state index in [1.54, 1.807) is 6.26 Å². The molecule has 4 rings (SSSR count). The fourth-order valence-corrected chi connectivity index (χ4v) is 3.02. The predicted molar refractivity (Wildman–Crippen MR) is 112 cm³/mol. The summed E-state index contributed by atoms with van der Waals surface area (Å²) in [6.07, 6.45) is -3.15. The van der Waals surface area contributed by atoms with Crippen LogP contribution in [0.25, 0.3) is 22.8 Å². The van der Waals surface area contributed by atoms with Crippen LogP contribution in [0, 0.1) is 0 Å². The van der Waals surface area contributed by atoms with Crippen molar-refractivity contribution >= 4 is 5.91 Å². The zero-order chi connectivity index (χ0) is 23.6. The zero-order valence-electron chi connectivity index (χ0n) is 17.7. The van der Waals surface area contributed by atoms with Gasteiger partial charge in [-0.05, 0) is 24.3 Å². The molecule has 10 heteroatoms. The monoisotopic (exact) mass is 456 g/mol. The summed E-state index contributed by atoms with van der Waals surface area (Å²) in [5, 5.41) is 6.18. The van der Waals surface area contributed by atoms with E-state index in [9.17, 15) is 18.0 Å². The number of halogens is 3. The minimum atomic E-state index is -4.72. The molecule has 0 saturated heterocycles. The molecule has 2 heterocycles. The molecule has 0 fully saturated rings. The highest BCUT2D eigenvalue weighted by molar-refractivity contribution is 5.94. The van der Waals surface area contributed by atoms with E-state index in [1.807, 2.05) is 44.2 Å². The van der Waals surface area contributed by atoms with Crippen LogP contribution in [0.2, 0.25) is 0 Å². The van der Waals surface area contributed by atoms with Crippen molar-refractivity contribution in [2.75, 3.05) is 6.54 Å². The number of rotatable bonds is 6. The maximum atomic E-state index is 12.6. The molecule has 0 unspecified atom stereocenters. The van der Waals surface area contributed by atoms with Gasteiger partial charge in [0.15, 0.2) is 0 Å². The van der Waals surface area contributed by atoms with Gasteiger partial charge in [-0.1, -0.05) is 49.3 Å². The number of alkyl halides is 3. The Kier molecular flexibility index (Phi) is 5.75. The summed E-state index contributed by atoms with van der Waals surface area (Å²) in [5.41, 5.74) is 1.66. The third-order valence-electron chi connectivity index (χ3n) is 4.98. The van der Waals surface area contributed by atoms with Gasteiger partial charge < -0.3 is 14.3 Å². The van der Waals surface area contributed by atoms with Crippen molar-refractivity contribution in [3.63, 3.8) is 0 Å². The number of hydrogen-bond donors (Lipinski definition) is 1. The molecular weight excluding hydrogens is 437 g/mol. The molecule has 0 aliphatic carbocycles. The molecule has 0 atom stereocenters. The molecular formula is C23H19F3N4O3. The van der Waals surface area contributed by atoms with Gasteiger partial charge in [0, 0.05) is 28.7 Å². The number of carbonyl (C=O) groups excluding carboxylic acids is 1. The Morgan fingerprint density at radius 1 is 0.970 bits per heavy atom. The molecule has 1 amide bonds. The summed E-state index contributed by atoms with van der Waals surface area (Å²) in [6, 6.07) is 15.3. The molecule has 1 N–H and O–H groups in total. The normalized spacial score (nSPS) is 12.0. The van der Waals surface area contributed by atoms with Crippen LogP contribution in [0.15, 0.2) is 69.8 Å². The Balaban J connectivity index is 1.40. The fraction of sp³-hybridized carbons (Fsp3) is 0.217. The lowest BCUT2D eigenvalue weighted by Crippen LogP contribution is -2.36. The number of oxazole rings is 1. The van der Waals surface area contributed by atoms with Gasteiger partial charge in [-0.15, -0.1) is 0 Å². The Labute approximate surface area is 186 Å². The second kappa shape index (κ2) is 8.53. The topological polar surface area (TPSA) is 94.1 Å². The minimum Gasteiger partial charge on any atom is -0.444 e. The van der Waals surface area contributed by atoms with Crippen molar-refractivity contribution in [3.8, 4) is 22.8 Å². The molecule has 7 nitrogen and oxygen atoms in total. The number of benzene rings is 2. The third-order valence-corrected chi connectivity index (χ3v) is 4.98. The quantitative estimate of drug-likeness (QED) is 0.433. The van der Waals surface area contributed by atoms with Crippen LogP contribution in [-0.4, -0.2) is 27.6 Å². The number of aromatic nitrogens is 3. The van der Waals surface area contributed by atoms with E-state index in [-0.39, 0.29) is 18.3 Å². The van der Waals surface area contributed by atoms with E-state index < -0.39 is 17.5 Å². The lowest BCUT2D eigenvalue weighted by molar-refractivity contribution is -0.159. The number of carbonyl (C=O) groups is 1. The standard InChI is InChI=1S/C23H19F3N4O3/c1-22(2,17-12-32-20(28-17)16-6-4-3-5-7-16)13-27-19(31)15-10-8-14(9-11-15)18-29-21(33-30-18)23(24,25)26/h3-12H,13H2,1-2H3,(H,27,31). The minimum absolute atomic E-state index is 0.212. The first-order valence-electron chi connectivity index (χ1n) is 9.94. The number of nitrogens with zero attached hydrogens (tertiary/aromatic N) is 3. The van der Waals surface area contributed by atoms with Crippen LogP contribution in [0.4, 0.5) is 13.2 Å². The number of hydrogen-bond acceptors (Lipinski definition) is 6. The maximum Gasteiger partial charge on any atom is 0.471 e. The fourth-order valence-electron chi connectivity index (χ4n) is 3.02. The first kappa shape index (κ1) is 22.3. The van der Waals surface area contributed by atoms with E-state index in [1.165, 1.54) is 24.3 Å². The smallest absolute Gasteiger partial charge is 0.444 e. The average Bonchev–Trinajstić information content (AvgIpc) is 3.49. The summed E-state index contributed by atoms with van der Waals surface area (Å²) >= 11 is 0. The Hall–Kier alpha value is -3.95. The highest BCUT2D eigenvalue weighted by Gasteiger charge is 2.38. The van der Waals surface area contributed by atoms with Crippen molar-refractivity contribution in [1.82, 2.24) is 20.4 Å². The van der Waals surface area contributed by atoms with E-state index in [0.29, 0.717) is 22.7 Å². The molecule has 2 aromatic heterocycles. The van der Waals surface area contributed by atoms with Gasteiger partial charge in [0.1, 0.15) is 6.26 Å². The Morgan fingerprint density at radius 3 is 2.30 bits per heavy atom. The molecule has 170 valence electrons. The van der Waals surface area contributed by atoms with Crippen molar-refractivity contribution in [2.24, 2.45) is 0 Å². The van der Waals surface area contributed by atoms with Gasteiger partial charge in [-0.25, -0.2) is 4.98 Å². The molecule has 0 aliphatic heterocycles. The highest BCUT2D eigenvalue weighted by atomic mass is 19.4. The van der Waals surface area contributed by atoms with E-state index in [0.717, 1.165) is 5.56 Å². The van der Waals surface area contributed by atoms with Crippen molar-refractivity contribution < 1.29 is 26.9 Å². The largest absolute Gasteiger partial charge is 0.471 e. The van der Waals surface area contributed by atoms with Crippen LogP contribution in [0.3, 0.4) is 0 Å². The Morgan fingerprint density at radius 2 is 1.67 bits per heavy atom. The second-order valence-electron chi connectivity index (χ2n) is 7.97. The van der Waals surface area contributed by atoms with Crippen LogP contribution in [-0.2, 0) is 11.6 Å². The number of nitrogens with one attached hydrogen (secondary N) is 1.